The summed E-state index contributed by atoms with van der Waals surface area (Å²) in [6, 6.07) is -0.277. The molecule has 6 nitrogen and oxygen atoms in total. The number of rotatable bonds is 6. The highest BCUT2D eigenvalue weighted by Gasteiger charge is 2.32. The van der Waals surface area contributed by atoms with Gasteiger partial charge in [0.25, 0.3) is 0 Å². The van der Waals surface area contributed by atoms with Gasteiger partial charge in [-0.3, -0.25) is 4.79 Å². The van der Waals surface area contributed by atoms with Crippen molar-refractivity contribution in [1.29, 1.82) is 0 Å². The third-order valence-electron chi connectivity index (χ3n) is 3.73. The summed E-state index contributed by atoms with van der Waals surface area (Å²) in [5.74, 6) is -1.04. The minimum atomic E-state index is -0.759. The second-order valence-electron chi connectivity index (χ2n) is 5.66. The van der Waals surface area contributed by atoms with Crippen LogP contribution in [-0.2, 0) is 9.53 Å². The highest BCUT2D eigenvalue weighted by atomic mass is 16.5. The quantitative estimate of drug-likeness (QED) is 0.678. The molecule has 0 aliphatic heterocycles. The van der Waals surface area contributed by atoms with Crippen molar-refractivity contribution in [2.45, 2.75) is 38.7 Å². The molecule has 0 aromatic carbocycles. The van der Waals surface area contributed by atoms with E-state index in [1.165, 1.54) is 0 Å². The highest BCUT2D eigenvalue weighted by molar-refractivity contribution is 5.74. The summed E-state index contributed by atoms with van der Waals surface area (Å²) in [5.41, 5.74) is -0.408. The maximum atomic E-state index is 11.6. The monoisotopic (exact) mass is 272 g/mol. The molecule has 2 unspecified atom stereocenters. The number of hydrogen-bond acceptors (Lipinski definition) is 3. The molecule has 2 atom stereocenters. The lowest BCUT2D eigenvalue weighted by atomic mass is 9.96. The minimum Gasteiger partial charge on any atom is -0.481 e. The van der Waals surface area contributed by atoms with Crippen LogP contribution in [0.25, 0.3) is 0 Å². The average Bonchev–Trinajstić information content (AvgIpc) is 2.82. The first-order valence-electron chi connectivity index (χ1n) is 6.65. The molecule has 1 saturated carbocycles. The van der Waals surface area contributed by atoms with Gasteiger partial charge in [-0.15, -0.1) is 0 Å². The van der Waals surface area contributed by atoms with Crippen LogP contribution in [-0.4, -0.2) is 42.9 Å². The molecule has 1 fully saturated rings. The molecule has 6 heteroatoms. The maximum Gasteiger partial charge on any atom is 0.314 e. The van der Waals surface area contributed by atoms with Gasteiger partial charge >= 0.3 is 12.0 Å². The van der Waals surface area contributed by atoms with Crippen molar-refractivity contribution in [3.8, 4) is 0 Å². The summed E-state index contributed by atoms with van der Waals surface area (Å²) in [7, 11) is 1.59. The Morgan fingerprint density at radius 1 is 1.32 bits per heavy atom. The van der Waals surface area contributed by atoms with Gasteiger partial charge < -0.3 is 20.5 Å². The van der Waals surface area contributed by atoms with Gasteiger partial charge in [-0.1, -0.05) is 6.42 Å². The Labute approximate surface area is 113 Å². The number of methoxy groups -OCH3 is 1. The van der Waals surface area contributed by atoms with Gasteiger partial charge in [0.2, 0.25) is 0 Å². The number of aliphatic carboxylic acids is 1. The first-order valence-corrected chi connectivity index (χ1v) is 6.65. The fourth-order valence-corrected chi connectivity index (χ4v) is 2.26. The largest absolute Gasteiger partial charge is 0.481 e. The van der Waals surface area contributed by atoms with E-state index in [2.05, 4.69) is 10.6 Å². The van der Waals surface area contributed by atoms with Crippen LogP contribution >= 0.6 is 0 Å². The van der Waals surface area contributed by atoms with E-state index in [1.54, 1.807) is 7.11 Å². The third kappa shape index (κ3) is 5.06. The summed E-state index contributed by atoms with van der Waals surface area (Å²) in [6.07, 6.45) is 2.49. The lowest BCUT2D eigenvalue weighted by molar-refractivity contribution is -0.142. The van der Waals surface area contributed by atoms with E-state index in [-0.39, 0.29) is 17.9 Å². The van der Waals surface area contributed by atoms with Gasteiger partial charge in [0.1, 0.15) is 0 Å². The van der Waals surface area contributed by atoms with E-state index in [4.69, 9.17) is 9.84 Å². The molecule has 0 saturated heterocycles. The van der Waals surface area contributed by atoms with Crippen LogP contribution < -0.4 is 10.6 Å². The van der Waals surface area contributed by atoms with E-state index in [1.807, 2.05) is 13.8 Å². The Balaban J connectivity index is 2.28. The van der Waals surface area contributed by atoms with E-state index in [9.17, 15) is 9.59 Å². The standard InChI is InChI=1S/C13H24N2O4/c1-13(2,19-3)8-15-12(18)14-7-9-5-4-6-10(9)11(16)17/h9-10H,4-8H2,1-3H3,(H,16,17)(H2,14,15,18). The third-order valence-corrected chi connectivity index (χ3v) is 3.73. The van der Waals surface area contributed by atoms with Crippen LogP contribution in [0.1, 0.15) is 33.1 Å². The molecule has 2 amide bonds. The van der Waals surface area contributed by atoms with Crippen LogP contribution in [0.4, 0.5) is 4.79 Å². The number of carbonyl (C=O) groups is 2. The molecule has 0 spiro atoms. The molecule has 1 aliphatic carbocycles. The number of carboxylic acids is 1. The van der Waals surface area contributed by atoms with Gasteiger partial charge in [-0.25, -0.2) is 4.79 Å². The topological polar surface area (TPSA) is 87.7 Å². The number of nitrogens with one attached hydrogen (secondary N) is 2. The highest BCUT2D eigenvalue weighted by Crippen LogP contribution is 2.31. The molecule has 110 valence electrons. The van der Waals surface area contributed by atoms with Crippen molar-refractivity contribution in [2.24, 2.45) is 11.8 Å². The minimum absolute atomic E-state index is 0.0404. The zero-order valence-electron chi connectivity index (χ0n) is 11.9. The van der Waals surface area contributed by atoms with Crippen molar-refractivity contribution >= 4 is 12.0 Å². The fraction of sp³-hybridized carbons (Fsp3) is 0.846. The molecule has 0 aromatic rings. The van der Waals surface area contributed by atoms with Crippen LogP contribution in [0, 0.1) is 11.8 Å². The lowest BCUT2D eigenvalue weighted by Crippen LogP contribution is -2.45. The maximum absolute atomic E-state index is 11.6. The number of hydrogen-bond donors (Lipinski definition) is 3. The van der Waals surface area contributed by atoms with Gasteiger partial charge in [0, 0.05) is 20.2 Å². The molecular formula is C13H24N2O4. The Bertz CT molecular complexity index is 331. The number of carboxylic acid groups (broad SMARTS) is 1. The summed E-state index contributed by atoms with van der Waals surface area (Å²) in [4.78, 5) is 22.6. The van der Waals surface area contributed by atoms with Crippen molar-refractivity contribution in [3.05, 3.63) is 0 Å². The van der Waals surface area contributed by atoms with Crippen LogP contribution in [0.2, 0.25) is 0 Å². The lowest BCUT2D eigenvalue weighted by Gasteiger charge is -2.23. The van der Waals surface area contributed by atoms with E-state index < -0.39 is 11.6 Å². The Morgan fingerprint density at radius 3 is 2.58 bits per heavy atom. The first kappa shape index (κ1) is 15.8. The number of amides is 2. The number of urea groups is 1. The molecule has 0 radical (unpaired) electrons. The summed E-state index contributed by atoms with van der Waals surface area (Å²) >= 11 is 0. The smallest absolute Gasteiger partial charge is 0.314 e. The number of carbonyl (C=O) groups excluding carboxylic acids is 1. The van der Waals surface area contributed by atoms with E-state index >= 15 is 0 Å². The second kappa shape index (κ2) is 6.75. The zero-order valence-corrected chi connectivity index (χ0v) is 11.9. The van der Waals surface area contributed by atoms with Crippen LogP contribution in [0.3, 0.4) is 0 Å². The Kier molecular flexibility index (Phi) is 5.60. The van der Waals surface area contributed by atoms with Crippen molar-refractivity contribution in [1.82, 2.24) is 10.6 Å². The molecule has 3 N–H and O–H groups in total. The van der Waals surface area contributed by atoms with Crippen molar-refractivity contribution < 1.29 is 19.4 Å². The van der Waals surface area contributed by atoms with E-state index in [0.29, 0.717) is 19.5 Å². The molecule has 0 heterocycles. The summed E-state index contributed by atoms with van der Waals surface area (Å²) in [6.45, 7) is 4.58. The molecule has 0 bridgehead atoms. The summed E-state index contributed by atoms with van der Waals surface area (Å²) < 4.78 is 5.19. The van der Waals surface area contributed by atoms with Gasteiger partial charge in [-0.2, -0.15) is 0 Å². The molecule has 19 heavy (non-hydrogen) atoms. The summed E-state index contributed by atoms with van der Waals surface area (Å²) in [5, 5.41) is 14.5. The van der Waals surface area contributed by atoms with E-state index in [0.717, 1.165) is 12.8 Å². The first-order chi connectivity index (χ1) is 8.85. The van der Waals surface area contributed by atoms with Crippen LogP contribution in [0.15, 0.2) is 0 Å². The molecule has 1 rings (SSSR count). The number of ether oxygens (including phenoxy) is 1. The molecule has 1 aliphatic rings. The van der Waals surface area contributed by atoms with Crippen molar-refractivity contribution in [2.75, 3.05) is 20.2 Å². The normalized spacial score (nSPS) is 23.1. The molecule has 0 aromatic heterocycles. The van der Waals surface area contributed by atoms with Gasteiger partial charge in [0.05, 0.1) is 11.5 Å². The van der Waals surface area contributed by atoms with Crippen LogP contribution in [0.5, 0.6) is 0 Å². The fourth-order valence-electron chi connectivity index (χ4n) is 2.26. The molecular weight excluding hydrogens is 248 g/mol. The van der Waals surface area contributed by atoms with Crippen molar-refractivity contribution in [3.63, 3.8) is 0 Å². The predicted octanol–water partition coefficient (Wildman–Crippen LogP) is 1.21. The Hall–Kier alpha value is -1.30. The average molecular weight is 272 g/mol. The SMILES string of the molecule is COC(C)(C)CNC(=O)NCC1CCCC1C(=O)O. The zero-order chi connectivity index (χ0) is 14.5. The van der Waals surface area contributed by atoms with Gasteiger partial charge in [0.15, 0.2) is 0 Å². The van der Waals surface area contributed by atoms with Gasteiger partial charge in [-0.05, 0) is 32.6 Å². The second-order valence-corrected chi connectivity index (χ2v) is 5.66. The Morgan fingerprint density at radius 2 is 2.00 bits per heavy atom. The predicted molar refractivity (Wildman–Crippen MR) is 71.0 cm³/mol.